The zero-order valence-corrected chi connectivity index (χ0v) is 17.0. The minimum absolute atomic E-state index is 0.153. The Morgan fingerprint density at radius 2 is 1.39 bits per heavy atom. The van der Waals surface area contributed by atoms with E-state index in [1.165, 1.54) is 12.1 Å². The number of ether oxygens (including phenoxy) is 3. The Hall–Kier alpha value is -3.87. The van der Waals surface area contributed by atoms with Crippen LogP contribution in [0.1, 0.15) is 10.4 Å². The Labute approximate surface area is 182 Å². The van der Waals surface area contributed by atoms with Gasteiger partial charge in [-0.1, -0.05) is 12.1 Å². The van der Waals surface area contributed by atoms with E-state index in [0.29, 0.717) is 0 Å². The van der Waals surface area contributed by atoms with Crippen molar-refractivity contribution in [3.05, 3.63) is 71.0 Å². The van der Waals surface area contributed by atoms with E-state index in [4.69, 9.17) is 9.47 Å². The summed E-state index contributed by atoms with van der Waals surface area (Å²) in [4.78, 5) is 10.1. The number of nitrogens with one attached hydrogen (secondary N) is 1. The third kappa shape index (κ3) is 3.69. The van der Waals surface area contributed by atoms with Crippen molar-refractivity contribution in [1.82, 2.24) is 0 Å². The van der Waals surface area contributed by atoms with Gasteiger partial charge >= 0.3 is 5.97 Å². The smallest absolute Gasteiger partial charge is 0.341 e. The van der Waals surface area contributed by atoms with Crippen molar-refractivity contribution in [3.8, 4) is 23.0 Å². The fraction of sp³-hybridized carbons (Fsp3) is 0.0500. The summed E-state index contributed by atoms with van der Waals surface area (Å²) in [7, 11) is -4.34. The fourth-order valence-electron chi connectivity index (χ4n) is 2.98. The number of sulfonamides is 1. The van der Waals surface area contributed by atoms with E-state index in [-0.39, 0.29) is 28.6 Å². The molecule has 1 heterocycles. The van der Waals surface area contributed by atoms with Crippen molar-refractivity contribution < 1.29 is 49.4 Å². The molecule has 1 N–H and O–H groups in total. The van der Waals surface area contributed by atoms with Crippen LogP contribution in [0.4, 0.5) is 27.6 Å². The number of carbonyl (C=O) groups excluding carboxylic acids is 1. The van der Waals surface area contributed by atoms with Crippen LogP contribution in [0.2, 0.25) is 0 Å². The van der Waals surface area contributed by atoms with E-state index in [1.807, 2.05) is 0 Å². The lowest BCUT2D eigenvalue weighted by Crippen LogP contribution is -2.20. The molecule has 0 aliphatic carbocycles. The molecular weight excluding hydrogens is 477 g/mol. The molecule has 0 fully saturated rings. The Kier molecular flexibility index (Phi) is 5.36. The lowest BCUT2D eigenvalue weighted by atomic mass is 10.1. The number of benzene rings is 3. The van der Waals surface area contributed by atoms with E-state index in [1.54, 1.807) is 16.9 Å². The van der Waals surface area contributed by atoms with Gasteiger partial charge in [0.2, 0.25) is 5.82 Å². The molecule has 0 aromatic heterocycles. The van der Waals surface area contributed by atoms with Crippen LogP contribution in [-0.2, 0) is 14.8 Å². The van der Waals surface area contributed by atoms with Gasteiger partial charge in [-0.05, 0) is 18.2 Å². The summed E-state index contributed by atoms with van der Waals surface area (Å²) < 4.78 is 111. The van der Waals surface area contributed by atoms with Crippen molar-refractivity contribution in [1.29, 1.82) is 0 Å². The van der Waals surface area contributed by atoms with Gasteiger partial charge in [-0.25, -0.2) is 35.2 Å². The number of esters is 1. The summed E-state index contributed by atoms with van der Waals surface area (Å²) in [6.45, 7) is 0. The predicted molar refractivity (Wildman–Crippen MR) is 101 cm³/mol. The maximum Gasteiger partial charge on any atom is 0.341 e. The van der Waals surface area contributed by atoms with E-state index in [2.05, 4.69) is 4.74 Å². The first kappa shape index (κ1) is 22.3. The van der Waals surface area contributed by atoms with E-state index < -0.39 is 55.7 Å². The molecule has 0 spiro atoms. The predicted octanol–water partition coefficient (Wildman–Crippen LogP) is 4.87. The average molecular weight is 487 g/mol. The summed E-state index contributed by atoms with van der Waals surface area (Å²) in [5.41, 5.74) is -0.860. The van der Waals surface area contributed by atoms with Crippen molar-refractivity contribution in [3.63, 3.8) is 0 Å². The molecule has 13 heteroatoms. The summed E-state index contributed by atoms with van der Waals surface area (Å²) in [5.74, 6) is -13.4. The molecule has 1 aliphatic heterocycles. The summed E-state index contributed by atoms with van der Waals surface area (Å²) >= 11 is 0. The SMILES string of the molecule is COC(=O)c1cc(NS(=O)(=O)c2c(F)c(F)c(F)c(F)c2F)cc2c1Oc1ccccc1O2. The Balaban J connectivity index is 1.83. The number of fused-ring (bicyclic) bond motifs is 2. The quantitative estimate of drug-likeness (QED) is 0.191. The number of para-hydroxylation sites is 2. The maximum atomic E-state index is 14.0. The van der Waals surface area contributed by atoms with Crippen molar-refractivity contribution in [2.45, 2.75) is 4.90 Å². The zero-order valence-electron chi connectivity index (χ0n) is 16.2. The number of methoxy groups -OCH3 is 1. The number of halogens is 5. The second-order valence-electron chi connectivity index (χ2n) is 6.50. The second-order valence-corrected chi connectivity index (χ2v) is 8.12. The largest absolute Gasteiger partial charge is 0.465 e. The fourth-order valence-corrected chi connectivity index (χ4v) is 4.16. The van der Waals surface area contributed by atoms with Crippen LogP contribution in [0, 0.1) is 29.1 Å². The van der Waals surface area contributed by atoms with Crippen LogP contribution in [0.15, 0.2) is 41.3 Å². The van der Waals surface area contributed by atoms with Crippen molar-refractivity contribution >= 4 is 21.7 Å². The standard InChI is InChI=1S/C20H10F5NO6S/c1-30-20(27)9-6-8(7-12-18(9)32-11-5-3-2-4-10(11)31-12)26-33(28,29)19-16(24)14(22)13(21)15(23)17(19)25/h2-7,26H,1H3. The van der Waals surface area contributed by atoms with Crippen molar-refractivity contribution in [2.24, 2.45) is 0 Å². The highest BCUT2D eigenvalue weighted by atomic mass is 32.2. The summed E-state index contributed by atoms with van der Waals surface area (Å²) in [5, 5.41) is 0. The number of carbonyl (C=O) groups is 1. The van der Waals surface area contributed by atoms with E-state index in [9.17, 15) is 35.2 Å². The first-order valence-electron chi connectivity index (χ1n) is 8.80. The summed E-state index contributed by atoms with van der Waals surface area (Å²) in [6.07, 6.45) is 0. The highest BCUT2D eigenvalue weighted by molar-refractivity contribution is 7.92. The average Bonchev–Trinajstić information content (AvgIpc) is 2.78. The molecule has 4 rings (SSSR count). The van der Waals surface area contributed by atoms with E-state index >= 15 is 0 Å². The van der Waals surface area contributed by atoms with Gasteiger partial charge in [-0.3, -0.25) is 4.72 Å². The van der Waals surface area contributed by atoms with Crippen LogP contribution in [0.3, 0.4) is 0 Å². The van der Waals surface area contributed by atoms with Crippen LogP contribution in [-0.4, -0.2) is 21.5 Å². The zero-order chi connectivity index (χ0) is 24.1. The van der Waals surface area contributed by atoms with Crippen LogP contribution >= 0.6 is 0 Å². The molecule has 3 aromatic rings. The molecule has 33 heavy (non-hydrogen) atoms. The molecule has 0 saturated heterocycles. The van der Waals surface area contributed by atoms with Gasteiger partial charge in [0.25, 0.3) is 10.0 Å². The number of rotatable bonds is 4. The second kappa shape index (κ2) is 7.92. The van der Waals surface area contributed by atoms with Crippen molar-refractivity contribution in [2.75, 3.05) is 11.8 Å². The molecule has 1 aliphatic rings. The third-order valence-electron chi connectivity index (χ3n) is 4.43. The van der Waals surface area contributed by atoms with Gasteiger partial charge in [0.15, 0.2) is 51.2 Å². The maximum absolute atomic E-state index is 14.0. The number of anilines is 1. The first-order chi connectivity index (χ1) is 15.5. The number of hydrogen-bond donors (Lipinski definition) is 1. The normalized spacial score (nSPS) is 12.2. The minimum atomic E-state index is -5.37. The molecule has 172 valence electrons. The molecule has 0 amide bonds. The first-order valence-corrected chi connectivity index (χ1v) is 10.3. The van der Waals surface area contributed by atoms with E-state index in [0.717, 1.165) is 19.2 Å². The highest BCUT2D eigenvalue weighted by Crippen LogP contribution is 2.48. The van der Waals surface area contributed by atoms with Crippen LogP contribution in [0.25, 0.3) is 0 Å². The Morgan fingerprint density at radius 1 is 0.848 bits per heavy atom. The number of hydrogen-bond acceptors (Lipinski definition) is 6. The molecule has 0 radical (unpaired) electrons. The molecule has 7 nitrogen and oxygen atoms in total. The van der Waals surface area contributed by atoms with Gasteiger partial charge in [0.1, 0.15) is 5.56 Å². The molecular formula is C20H10F5NO6S. The van der Waals surface area contributed by atoms with Crippen LogP contribution in [0.5, 0.6) is 23.0 Å². The van der Waals surface area contributed by atoms with Crippen LogP contribution < -0.4 is 14.2 Å². The monoisotopic (exact) mass is 487 g/mol. The topological polar surface area (TPSA) is 90.9 Å². The van der Waals surface area contributed by atoms with Gasteiger partial charge in [0.05, 0.1) is 12.8 Å². The molecule has 3 aromatic carbocycles. The summed E-state index contributed by atoms with van der Waals surface area (Å²) in [6, 6.07) is 8.12. The Morgan fingerprint density at radius 3 is 1.97 bits per heavy atom. The highest BCUT2D eigenvalue weighted by Gasteiger charge is 2.34. The molecule has 0 saturated carbocycles. The van der Waals surface area contributed by atoms with Gasteiger partial charge < -0.3 is 14.2 Å². The molecule has 0 atom stereocenters. The Bertz CT molecular complexity index is 1400. The van der Waals surface area contributed by atoms with Gasteiger partial charge in [-0.2, -0.15) is 0 Å². The minimum Gasteiger partial charge on any atom is -0.465 e. The van der Waals surface area contributed by atoms with Gasteiger partial charge in [-0.15, -0.1) is 0 Å². The van der Waals surface area contributed by atoms with Gasteiger partial charge in [0, 0.05) is 6.07 Å². The lowest BCUT2D eigenvalue weighted by Gasteiger charge is -2.23. The third-order valence-corrected chi connectivity index (χ3v) is 5.83. The molecule has 0 bridgehead atoms. The molecule has 0 unspecified atom stereocenters. The lowest BCUT2D eigenvalue weighted by molar-refractivity contribution is 0.0597.